The molecule has 0 spiro atoms. The van der Waals surface area contributed by atoms with Crippen LogP contribution in [0.4, 0.5) is 0 Å². The fourth-order valence-corrected chi connectivity index (χ4v) is 2.18. The third-order valence-corrected chi connectivity index (χ3v) is 3.83. The summed E-state index contributed by atoms with van der Waals surface area (Å²) in [6, 6.07) is 8.28. The van der Waals surface area contributed by atoms with Crippen LogP contribution in [0, 0.1) is 12.8 Å². The first-order valence-corrected chi connectivity index (χ1v) is 7.47. The number of thiocarbonyl (C=S) groups is 1. The van der Waals surface area contributed by atoms with E-state index < -0.39 is 0 Å². The third-order valence-electron chi connectivity index (χ3n) is 3.42. The Morgan fingerprint density at radius 1 is 1.45 bits per heavy atom. The molecule has 1 unspecified atom stereocenters. The predicted octanol–water partition coefficient (Wildman–Crippen LogP) is 2.70. The van der Waals surface area contributed by atoms with Gasteiger partial charge < -0.3 is 10.6 Å². The second kappa shape index (κ2) is 8.00. The SMILES string of the molecule is CCN(CC(C)C(N)=S)C(=O)CCc1cccc(C)c1. The van der Waals surface area contributed by atoms with Crippen LogP contribution < -0.4 is 5.73 Å². The average Bonchev–Trinajstić information content (AvgIpc) is 2.41. The first-order chi connectivity index (χ1) is 9.43. The lowest BCUT2D eigenvalue weighted by Gasteiger charge is -2.24. The summed E-state index contributed by atoms with van der Waals surface area (Å²) in [4.78, 5) is 14.5. The number of carbonyl (C=O) groups is 1. The van der Waals surface area contributed by atoms with Gasteiger partial charge in [0, 0.05) is 25.4 Å². The highest BCUT2D eigenvalue weighted by molar-refractivity contribution is 7.80. The largest absolute Gasteiger partial charge is 0.393 e. The van der Waals surface area contributed by atoms with E-state index in [1.54, 1.807) is 0 Å². The Labute approximate surface area is 127 Å². The van der Waals surface area contributed by atoms with E-state index in [0.29, 0.717) is 24.5 Å². The van der Waals surface area contributed by atoms with E-state index in [4.69, 9.17) is 18.0 Å². The number of hydrogen-bond donors (Lipinski definition) is 1. The molecule has 0 saturated heterocycles. The standard InChI is InChI=1S/C16H24N2OS/c1-4-18(11-13(3)16(17)20)15(19)9-8-14-7-5-6-12(2)10-14/h5-7,10,13H,4,8-9,11H2,1-3H3,(H2,17,20). The van der Waals surface area contributed by atoms with Crippen LogP contribution in [-0.4, -0.2) is 28.9 Å². The summed E-state index contributed by atoms with van der Waals surface area (Å²) in [5.41, 5.74) is 8.05. The molecule has 1 amide bonds. The first kappa shape index (κ1) is 16.6. The average molecular weight is 292 g/mol. The number of nitrogens with zero attached hydrogens (tertiary/aromatic N) is 1. The summed E-state index contributed by atoms with van der Waals surface area (Å²) in [6.07, 6.45) is 1.31. The summed E-state index contributed by atoms with van der Waals surface area (Å²) in [6.45, 7) is 7.31. The van der Waals surface area contributed by atoms with Gasteiger partial charge in [0.25, 0.3) is 0 Å². The zero-order chi connectivity index (χ0) is 15.1. The smallest absolute Gasteiger partial charge is 0.222 e. The molecule has 4 heteroatoms. The second-order valence-corrected chi connectivity index (χ2v) is 5.70. The van der Waals surface area contributed by atoms with Crippen LogP contribution in [0.25, 0.3) is 0 Å². The van der Waals surface area contributed by atoms with Crippen LogP contribution in [0.2, 0.25) is 0 Å². The molecule has 0 aliphatic rings. The van der Waals surface area contributed by atoms with Crippen molar-refractivity contribution in [3.63, 3.8) is 0 Å². The maximum Gasteiger partial charge on any atom is 0.222 e. The summed E-state index contributed by atoms with van der Waals surface area (Å²) < 4.78 is 0. The Kier molecular flexibility index (Phi) is 6.65. The minimum atomic E-state index is 0.0628. The Morgan fingerprint density at radius 3 is 2.70 bits per heavy atom. The fraction of sp³-hybridized carbons (Fsp3) is 0.500. The van der Waals surface area contributed by atoms with Gasteiger partial charge in [-0.3, -0.25) is 4.79 Å². The van der Waals surface area contributed by atoms with Crippen molar-refractivity contribution in [3.8, 4) is 0 Å². The molecule has 20 heavy (non-hydrogen) atoms. The molecule has 0 heterocycles. The lowest BCUT2D eigenvalue weighted by Crippen LogP contribution is -2.38. The van der Waals surface area contributed by atoms with Crippen LogP contribution in [0.5, 0.6) is 0 Å². The van der Waals surface area contributed by atoms with E-state index in [0.717, 1.165) is 6.42 Å². The molecule has 1 atom stereocenters. The van der Waals surface area contributed by atoms with Crippen molar-refractivity contribution in [3.05, 3.63) is 35.4 Å². The Morgan fingerprint density at radius 2 is 2.15 bits per heavy atom. The molecule has 1 aromatic rings. The molecule has 0 radical (unpaired) electrons. The Bertz CT molecular complexity index is 473. The minimum absolute atomic E-state index is 0.0628. The van der Waals surface area contributed by atoms with Crippen molar-refractivity contribution in [2.24, 2.45) is 11.7 Å². The van der Waals surface area contributed by atoms with Gasteiger partial charge in [-0.25, -0.2) is 0 Å². The maximum atomic E-state index is 12.2. The summed E-state index contributed by atoms with van der Waals surface area (Å²) >= 11 is 4.97. The van der Waals surface area contributed by atoms with Crippen molar-refractivity contribution >= 4 is 23.1 Å². The molecule has 2 N–H and O–H groups in total. The van der Waals surface area contributed by atoms with Crippen LogP contribution in [0.1, 0.15) is 31.4 Å². The van der Waals surface area contributed by atoms with E-state index >= 15 is 0 Å². The van der Waals surface area contributed by atoms with E-state index in [-0.39, 0.29) is 11.8 Å². The topological polar surface area (TPSA) is 46.3 Å². The molecule has 1 rings (SSSR count). The predicted molar refractivity (Wildman–Crippen MR) is 87.7 cm³/mol. The van der Waals surface area contributed by atoms with Crippen LogP contribution in [0.15, 0.2) is 24.3 Å². The van der Waals surface area contributed by atoms with E-state index in [2.05, 4.69) is 25.1 Å². The lowest BCUT2D eigenvalue weighted by atomic mass is 10.1. The van der Waals surface area contributed by atoms with E-state index in [1.807, 2.05) is 24.8 Å². The summed E-state index contributed by atoms with van der Waals surface area (Å²) in [7, 11) is 0. The highest BCUT2D eigenvalue weighted by Gasteiger charge is 2.16. The molecule has 0 aliphatic heterocycles. The van der Waals surface area contributed by atoms with Gasteiger partial charge in [0.05, 0.1) is 4.99 Å². The quantitative estimate of drug-likeness (QED) is 0.786. The molecular formula is C16H24N2OS. The van der Waals surface area contributed by atoms with Crippen LogP contribution >= 0.6 is 12.2 Å². The van der Waals surface area contributed by atoms with Crippen LogP contribution in [-0.2, 0) is 11.2 Å². The summed E-state index contributed by atoms with van der Waals surface area (Å²) in [5, 5.41) is 0. The molecule has 0 fully saturated rings. The molecule has 110 valence electrons. The number of rotatable bonds is 7. The Hall–Kier alpha value is -1.42. The van der Waals surface area contributed by atoms with Crippen molar-refractivity contribution in [2.75, 3.05) is 13.1 Å². The lowest BCUT2D eigenvalue weighted by molar-refractivity contribution is -0.131. The molecule has 0 aromatic heterocycles. The van der Waals surface area contributed by atoms with Gasteiger partial charge in [-0.15, -0.1) is 0 Å². The molecule has 0 saturated carbocycles. The second-order valence-electron chi connectivity index (χ2n) is 5.22. The molecule has 1 aromatic carbocycles. The number of aryl methyl sites for hydroxylation is 2. The normalized spacial score (nSPS) is 11.9. The minimum Gasteiger partial charge on any atom is -0.393 e. The monoisotopic (exact) mass is 292 g/mol. The number of hydrogen-bond acceptors (Lipinski definition) is 2. The van der Waals surface area contributed by atoms with E-state index in [1.165, 1.54) is 11.1 Å². The van der Waals surface area contributed by atoms with Crippen molar-refractivity contribution in [2.45, 2.75) is 33.6 Å². The number of amides is 1. The Balaban J connectivity index is 2.53. The van der Waals surface area contributed by atoms with Gasteiger partial charge in [-0.2, -0.15) is 0 Å². The van der Waals surface area contributed by atoms with Gasteiger partial charge in [0.15, 0.2) is 0 Å². The molecular weight excluding hydrogens is 268 g/mol. The summed E-state index contributed by atoms with van der Waals surface area (Å²) in [5.74, 6) is 0.227. The van der Waals surface area contributed by atoms with Gasteiger partial charge in [0.1, 0.15) is 0 Å². The molecule has 0 aliphatic carbocycles. The highest BCUT2D eigenvalue weighted by atomic mass is 32.1. The number of benzene rings is 1. The zero-order valence-electron chi connectivity index (χ0n) is 12.6. The fourth-order valence-electron chi connectivity index (χ4n) is 2.10. The van der Waals surface area contributed by atoms with Crippen molar-refractivity contribution in [1.82, 2.24) is 4.90 Å². The van der Waals surface area contributed by atoms with Gasteiger partial charge in [-0.05, 0) is 25.8 Å². The van der Waals surface area contributed by atoms with Gasteiger partial charge in [-0.1, -0.05) is 49.0 Å². The molecule has 0 bridgehead atoms. The van der Waals surface area contributed by atoms with Crippen molar-refractivity contribution in [1.29, 1.82) is 0 Å². The van der Waals surface area contributed by atoms with Crippen molar-refractivity contribution < 1.29 is 4.79 Å². The number of carbonyl (C=O) groups excluding carboxylic acids is 1. The first-order valence-electron chi connectivity index (χ1n) is 7.06. The highest BCUT2D eigenvalue weighted by Crippen LogP contribution is 2.09. The molecule has 3 nitrogen and oxygen atoms in total. The van der Waals surface area contributed by atoms with Gasteiger partial charge in [0.2, 0.25) is 5.91 Å². The van der Waals surface area contributed by atoms with Crippen LogP contribution in [0.3, 0.4) is 0 Å². The number of nitrogens with two attached hydrogens (primary N) is 1. The van der Waals surface area contributed by atoms with Gasteiger partial charge >= 0.3 is 0 Å². The van der Waals surface area contributed by atoms with E-state index in [9.17, 15) is 4.79 Å². The third kappa shape index (κ3) is 5.29. The maximum absolute atomic E-state index is 12.2. The zero-order valence-corrected chi connectivity index (χ0v) is 13.4.